The maximum absolute atomic E-state index is 12.9. The van der Waals surface area contributed by atoms with E-state index in [-0.39, 0.29) is 5.91 Å². The van der Waals surface area contributed by atoms with E-state index in [0.29, 0.717) is 23.3 Å². The molecule has 2 N–H and O–H groups in total. The van der Waals surface area contributed by atoms with Crippen molar-refractivity contribution in [3.05, 3.63) is 59.8 Å². The fourth-order valence-corrected chi connectivity index (χ4v) is 4.33. The van der Waals surface area contributed by atoms with Crippen LogP contribution in [0.3, 0.4) is 0 Å². The van der Waals surface area contributed by atoms with Crippen LogP contribution in [0.1, 0.15) is 68.3 Å². The number of amides is 1. The Balaban J connectivity index is 1.57. The molecule has 0 bridgehead atoms. The van der Waals surface area contributed by atoms with Gasteiger partial charge in [-0.2, -0.15) is 0 Å². The van der Waals surface area contributed by atoms with Crippen molar-refractivity contribution in [1.29, 1.82) is 0 Å². The Hall–Kier alpha value is -2.40. The molecule has 0 radical (unpaired) electrons. The van der Waals surface area contributed by atoms with Crippen LogP contribution in [-0.4, -0.2) is 41.5 Å². The van der Waals surface area contributed by atoms with Gasteiger partial charge in [-0.05, 0) is 49.4 Å². The fraction of sp³-hybridized carbons (Fsp3) is 0.538. The van der Waals surface area contributed by atoms with Crippen LogP contribution >= 0.6 is 0 Å². The van der Waals surface area contributed by atoms with E-state index < -0.39 is 0 Å². The number of hydrogen-bond acceptors (Lipinski definition) is 4. The maximum Gasteiger partial charge on any atom is 0.255 e. The van der Waals surface area contributed by atoms with Gasteiger partial charge in [-0.25, -0.2) is 4.98 Å². The molecule has 0 spiro atoms. The summed E-state index contributed by atoms with van der Waals surface area (Å²) in [6.07, 6.45) is 8.69. The zero-order valence-corrected chi connectivity index (χ0v) is 19.1. The smallest absolute Gasteiger partial charge is 0.255 e. The van der Waals surface area contributed by atoms with Crippen molar-refractivity contribution >= 4 is 11.7 Å². The molecular weight excluding hydrogens is 384 g/mol. The molecule has 0 saturated carbocycles. The first-order chi connectivity index (χ1) is 15.2. The number of carbonyl (C=O) groups is 1. The largest absolute Gasteiger partial charge is 0.365 e. The van der Waals surface area contributed by atoms with Crippen LogP contribution in [0.15, 0.2) is 48.7 Å². The fourth-order valence-electron chi connectivity index (χ4n) is 4.33. The summed E-state index contributed by atoms with van der Waals surface area (Å²) in [6.45, 7) is 8.18. The van der Waals surface area contributed by atoms with Crippen LogP contribution < -0.4 is 10.6 Å². The summed E-state index contributed by atoms with van der Waals surface area (Å²) in [4.78, 5) is 19.9. The zero-order chi connectivity index (χ0) is 21.9. The molecule has 1 aromatic heterocycles. The molecule has 0 aliphatic carbocycles. The number of benzene rings is 1. The van der Waals surface area contributed by atoms with Gasteiger partial charge in [-0.1, -0.05) is 63.4 Å². The van der Waals surface area contributed by atoms with E-state index in [4.69, 9.17) is 0 Å². The van der Waals surface area contributed by atoms with Gasteiger partial charge in [0, 0.05) is 31.9 Å². The summed E-state index contributed by atoms with van der Waals surface area (Å²) >= 11 is 0. The van der Waals surface area contributed by atoms with Gasteiger partial charge < -0.3 is 10.6 Å². The normalized spacial score (nSPS) is 17.8. The number of hydrogen-bond donors (Lipinski definition) is 2. The van der Waals surface area contributed by atoms with E-state index in [1.54, 1.807) is 6.20 Å². The van der Waals surface area contributed by atoms with Gasteiger partial charge in [-0.3, -0.25) is 9.69 Å². The van der Waals surface area contributed by atoms with E-state index in [1.165, 1.54) is 24.8 Å². The van der Waals surface area contributed by atoms with Crippen LogP contribution in [0.25, 0.3) is 0 Å². The first-order valence-electron chi connectivity index (χ1n) is 12.0. The summed E-state index contributed by atoms with van der Waals surface area (Å²) < 4.78 is 0. The van der Waals surface area contributed by atoms with Gasteiger partial charge in [0.25, 0.3) is 5.91 Å². The predicted molar refractivity (Wildman–Crippen MR) is 128 cm³/mol. The Morgan fingerprint density at radius 2 is 2.03 bits per heavy atom. The highest BCUT2D eigenvalue weighted by Crippen LogP contribution is 2.20. The Kier molecular flexibility index (Phi) is 9.35. The minimum Gasteiger partial charge on any atom is -0.365 e. The standard InChI is InChI=1S/C26H38N4O/c1-3-5-11-21(4-2)18-28-26(31)24-15-9-16-27-25(24)29-23-14-10-17-30(20-23)19-22-12-7-6-8-13-22/h6-9,12-13,15-16,21,23H,3-5,10-11,14,17-20H2,1-2H3,(H,27,29)(H,28,31). The molecule has 1 fully saturated rings. The van der Waals surface area contributed by atoms with Crippen molar-refractivity contribution in [1.82, 2.24) is 15.2 Å². The SMILES string of the molecule is CCCCC(CC)CNC(=O)c1cccnc1NC1CCCN(Cc2ccccc2)C1. The second-order valence-electron chi connectivity index (χ2n) is 8.73. The lowest BCUT2D eigenvalue weighted by Gasteiger charge is -2.33. The number of nitrogens with zero attached hydrogens (tertiary/aromatic N) is 2. The Morgan fingerprint density at radius 3 is 2.81 bits per heavy atom. The van der Waals surface area contributed by atoms with E-state index >= 15 is 0 Å². The van der Waals surface area contributed by atoms with E-state index in [2.05, 4.69) is 64.7 Å². The molecule has 2 atom stereocenters. The molecule has 168 valence electrons. The van der Waals surface area contributed by atoms with E-state index in [0.717, 1.165) is 45.4 Å². The number of likely N-dealkylation sites (tertiary alicyclic amines) is 1. The van der Waals surface area contributed by atoms with Crippen molar-refractivity contribution < 1.29 is 4.79 Å². The van der Waals surface area contributed by atoms with Crippen LogP contribution in [0, 0.1) is 5.92 Å². The molecule has 5 heteroatoms. The van der Waals surface area contributed by atoms with Gasteiger partial charge in [-0.15, -0.1) is 0 Å². The Labute approximate surface area is 187 Å². The Morgan fingerprint density at radius 1 is 1.19 bits per heavy atom. The summed E-state index contributed by atoms with van der Waals surface area (Å²) in [6, 6.07) is 14.6. The summed E-state index contributed by atoms with van der Waals surface area (Å²) in [5.41, 5.74) is 1.99. The van der Waals surface area contributed by atoms with E-state index in [9.17, 15) is 4.79 Å². The molecule has 31 heavy (non-hydrogen) atoms. The molecule has 2 heterocycles. The molecular formula is C26H38N4O. The van der Waals surface area contributed by atoms with E-state index in [1.807, 2.05) is 12.1 Å². The van der Waals surface area contributed by atoms with Crippen molar-refractivity contribution in [3.63, 3.8) is 0 Å². The molecule has 1 amide bonds. The molecule has 1 aromatic carbocycles. The molecule has 1 aliphatic rings. The average Bonchev–Trinajstić information content (AvgIpc) is 2.80. The van der Waals surface area contributed by atoms with Gasteiger partial charge >= 0.3 is 0 Å². The average molecular weight is 423 g/mol. The van der Waals surface area contributed by atoms with Crippen LogP contribution in [0.4, 0.5) is 5.82 Å². The van der Waals surface area contributed by atoms with Crippen LogP contribution in [0.2, 0.25) is 0 Å². The topological polar surface area (TPSA) is 57.3 Å². The third kappa shape index (κ3) is 7.35. The lowest BCUT2D eigenvalue weighted by atomic mass is 9.99. The van der Waals surface area contributed by atoms with Crippen molar-refractivity contribution in [2.45, 2.75) is 65.0 Å². The predicted octanol–water partition coefficient (Wildman–Crippen LogP) is 5.10. The van der Waals surface area contributed by atoms with Gasteiger partial charge in [0.2, 0.25) is 0 Å². The molecule has 1 saturated heterocycles. The number of nitrogens with one attached hydrogen (secondary N) is 2. The molecule has 2 unspecified atom stereocenters. The number of carbonyl (C=O) groups excluding carboxylic acids is 1. The highest BCUT2D eigenvalue weighted by molar-refractivity contribution is 5.98. The van der Waals surface area contributed by atoms with Gasteiger partial charge in [0.1, 0.15) is 5.82 Å². The Bertz CT molecular complexity index is 795. The summed E-state index contributed by atoms with van der Waals surface area (Å²) in [5, 5.41) is 6.72. The zero-order valence-electron chi connectivity index (χ0n) is 19.1. The van der Waals surface area contributed by atoms with Crippen molar-refractivity contribution in [2.24, 2.45) is 5.92 Å². The number of rotatable bonds is 11. The van der Waals surface area contributed by atoms with Crippen molar-refractivity contribution in [2.75, 3.05) is 25.0 Å². The van der Waals surface area contributed by atoms with Crippen LogP contribution in [0.5, 0.6) is 0 Å². The molecule has 1 aliphatic heterocycles. The number of aromatic nitrogens is 1. The molecule has 3 rings (SSSR count). The number of unbranched alkanes of at least 4 members (excludes halogenated alkanes) is 1. The monoisotopic (exact) mass is 422 g/mol. The summed E-state index contributed by atoms with van der Waals surface area (Å²) in [7, 11) is 0. The second kappa shape index (κ2) is 12.5. The van der Waals surface area contributed by atoms with Crippen molar-refractivity contribution in [3.8, 4) is 0 Å². The second-order valence-corrected chi connectivity index (χ2v) is 8.73. The molecule has 5 nitrogen and oxygen atoms in total. The van der Waals surface area contributed by atoms with Crippen LogP contribution in [-0.2, 0) is 6.54 Å². The minimum atomic E-state index is -0.0255. The minimum absolute atomic E-state index is 0.0255. The molecule has 2 aromatic rings. The quantitative estimate of drug-likeness (QED) is 0.529. The highest BCUT2D eigenvalue weighted by atomic mass is 16.1. The first kappa shape index (κ1) is 23.3. The maximum atomic E-state index is 12.9. The number of anilines is 1. The summed E-state index contributed by atoms with van der Waals surface area (Å²) in [5.74, 6) is 1.22. The third-order valence-electron chi connectivity index (χ3n) is 6.24. The number of pyridine rings is 1. The van der Waals surface area contributed by atoms with Gasteiger partial charge in [0.15, 0.2) is 0 Å². The third-order valence-corrected chi connectivity index (χ3v) is 6.24. The highest BCUT2D eigenvalue weighted by Gasteiger charge is 2.22. The lowest BCUT2D eigenvalue weighted by Crippen LogP contribution is -2.42. The first-order valence-corrected chi connectivity index (χ1v) is 12.0. The number of piperidine rings is 1. The van der Waals surface area contributed by atoms with Gasteiger partial charge in [0.05, 0.1) is 5.56 Å². The lowest BCUT2D eigenvalue weighted by molar-refractivity contribution is 0.0946.